The van der Waals surface area contributed by atoms with Crippen molar-refractivity contribution in [2.45, 2.75) is 0 Å². The maximum atomic E-state index is 13.9. The molecule has 3 rings (SSSR count). The summed E-state index contributed by atoms with van der Waals surface area (Å²) in [7, 11) is 3.93. The van der Waals surface area contributed by atoms with Gasteiger partial charge < -0.3 is 24.8 Å². The molecule has 0 aliphatic rings. The van der Waals surface area contributed by atoms with Crippen LogP contribution in [0.3, 0.4) is 0 Å². The van der Waals surface area contributed by atoms with Crippen LogP contribution in [0.2, 0.25) is 0 Å². The van der Waals surface area contributed by atoms with Crippen molar-refractivity contribution in [3.63, 3.8) is 0 Å². The monoisotopic (exact) mass is 442 g/mol. The van der Waals surface area contributed by atoms with Gasteiger partial charge >= 0.3 is 0 Å². The van der Waals surface area contributed by atoms with Gasteiger partial charge in [0.15, 0.2) is 23.1 Å². The smallest absolute Gasteiger partial charge is 0.259 e. The van der Waals surface area contributed by atoms with Crippen LogP contribution in [0.4, 0.5) is 20.2 Å². The van der Waals surface area contributed by atoms with Crippen molar-refractivity contribution in [2.24, 2.45) is 0 Å². The summed E-state index contributed by atoms with van der Waals surface area (Å²) in [6, 6.07) is 12.4. The van der Waals surface area contributed by atoms with E-state index >= 15 is 0 Å². The number of benzene rings is 3. The first-order chi connectivity index (χ1) is 15.4. The summed E-state index contributed by atoms with van der Waals surface area (Å²) < 4.78 is 43.0. The second kappa shape index (κ2) is 9.78. The number of amides is 2. The molecule has 0 fully saturated rings. The molecule has 9 heteroatoms. The van der Waals surface area contributed by atoms with Crippen LogP contribution in [-0.4, -0.2) is 33.1 Å². The minimum atomic E-state index is -0.649. The highest BCUT2D eigenvalue weighted by Crippen LogP contribution is 2.30. The summed E-state index contributed by atoms with van der Waals surface area (Å²) in [5.74, 6) is -2.59. The third-order valence-electron chi connectivity index (χ3n) is 4.54. The highest BCUT2D eigenvalue weighted by Gasteiger charge is 2.20. The Kier molecular flexibility index (Phi) is 6.89. The fourth-order valence-electron chi connectivity index (χ4n) is 3.04. The summed E-state index contributed by atoms with van der Waals surface area (Å²) in [4.78, 5) is 25.6. The Labute approximate surface area is 182 Å². The molecule has 0 spiro atoms. The SMILES string of the molecule is COc1ccc(C(=O)Nc2cccc(F)c2OC)cc1C(=O)Nc1cccc(F)c1OC. The first-order valence-corrected chi connectivity index (χ1v) is 9.35. The Hall–Kier alpha value is -4.14. The largest absolute Gasteiger partial charge is 0.496 e. The van der Waals surface area contributed by atoms with Crippen LogP contribution < -0.4 is 24.8 Å². The molecule has 0 heterocycles. The van der Waals surface area contributed by atoms with E-state index in [0.29, 0.717) is 0 Å². The summed E-state index contributed by atoms with van der Waals surface area (Å²) in [6.45, 7) is 0. The van der Waals surface area contributed by atoms with E-state index in [-0.39, 0.29) is 39.8 Å². The number of carbonyl (C=O) groups excluding carboxylic acids is 2. The number of methoxy groups -OCH3 is 3. The van der Waals surface area contributed by atoms with Crippen molar-refractivity contribution in [3.8, 4) is 17.2 Å². The lowest BCUT2D eigenvalue weighted by Gasteiger charge is -2.14. The zero-order valence-corrected chi connectivity index (χ0v) is 17.5. The van der Waals surface area contributed by atoms with E-state index in [1.165, 1.54) is 75.9 Å². The molecule has 0 atom stereocenters. The Morgan fingerprint density at radius 3 is 1.75 bits per heavy atom. The number of hydrogen-bond acceptors (Lipinski definition) is 5. The van der Waals surface area contributed by atoms with E-state index in [2.05, 4.69) is 10.6 Å². The van der Waals surface area contributed by atoms with Gasteiger partial charge in [0.25, 0.3) is 11.8 Å². The van der Waals surface area contributed by atoms with Gasteiger partial charge in [-0.25, -0.2) is 8.78 Å². The molecule has 0 aliphatic carbocycles. The van der Waals surface area contributed by atoms with E-state index in [9.17, 15) is 18.4 Å². The first-order valence-electron chi connectivity index (χ1n) is 9.35. The molecule has 0 saturated carbocycles. The van der Waals surface area contributed by atoms with Crippen LogP contribution in [0, 0.1) is 11.6 Å². The van der Waals surface area contributed by atoms with Gasteiger partial charge in [0.2, 0.25) is 0 Å². The van der Waals surface area contributed by atoms with Crippen molar-refractivity contribution >= 4 is 23.2 Å². The molecule has 0 bridgehead atoms. The Morgan fingerprint density at radius 2 is 1.25 bits per heavy atom. The standard InChI is InChI=1S/C23H20F2N2O5/c1-30-19-11-10-13(22(28)26-17-8-4-6-15(24)20(17)31-2)12-14(19)23(29)27-18-9-5-7-16(25)21(18)32-3/h4-12H,1-3H3,(H,26,28)(H,27,29). The van der Waals surface area contributed by atoms with E-state index in [4.69, 9.17) is 14.2 Å². The molecular weight excluding hydrogens is 422 g/mol. The average molecular weight is 442 g/mol. The molecule has 166 valence electrons. The van der Waals surface area contributed by atoms with Crippen molar-refractivity contribution in [2.75, 3.05) is 32.0 Å². The molecule has 0 aromatic heterocycles. The Morgan fingerprint density at radius 1 is 0.719 bits per heavy atom. The normalized spacial score (nSPS) is 10.3. The lowest BCUT2D eigenvalue weighted by molar-refractivity contribution is 0.102. The minimum Gasteiger partial charge on any atom is -0.496 e. The van der Waals surface area contributed by atoms with Crippen LogP contribution in [-0.2, 0) is 0 Å². The maximum Gasteiger partial charge on any atom is 0.259 e. The third kappa shape index (κ3) is 4.61. The molecule has 32 heavy (non-hydrogen) atoms. The predicted molar refractivity (Wildman–Crippen MR) is 115 cm³/mol. The van der Waals surface area contributed by atoms with Gasteiger partial charge in [0.05, 0.1) is 38.3 Å². The first kappa shape index (κ1) is 22.5. The van der Waals surface area contributed by atoms with Crippen LogP contribution in [0.1, 0.15) is 20.7 Å². The summed E-state index contributed by atoms with van der Waals surface area (Å²) in [6.07, 6.45) is 0. The Balaban J connectivity index is 1.90. The molecule has 3 aromatic rings. The number of rotatable bonds is 7. The van der Waals surface area contributed by atoms with Gasteiger partial charge in [0, 0.05) is 5.56 Å². The van der Waals surface area contributed by atoms with E-state index in [0.717, 1.165) is 0 Å². The third-order valence-corrected chi connectivity index (χ3v) is 4.54. The van der Waals surface area contributed by atoms with Gasteiger partial charge in [-0.05, 0) is 42.5 Å². The molecule has 2 amide bonds. The number of para-hydroxylation sites is 2. The van der Waals surface area contributed by atoms with Crippen molar-refractivity contribution in [1.29, 1.82) is 0 Å². The average Bonchev–Trinajstić information content (AvgIpc) is 2.79. The van der Waals surface area contributed by atoms with Crippen LogP contribution in [0.25, 0.3) is 0 Å². The molecular formula is C23H20F2N2O5. The lowest BCUT2D eigenvalue weighted by Crippen LogP contribution is -2.17. The maximum absolute atomic E-state index is 13.9. The molecule has 3 aromatic carbocycles. The molecule has 0 saturated heterocycles. The van der Waals surface area contributed by atoms with Crippen LogP contribution >= 0.6 is 0 Å². The number of ether oxygens (including phenoxy) is 3. The highest BCUT2D eigenvalue weighted by molar-refractivity contribution is 6.10. The zero-order valence-electron chi connectivity index (χ0n) is 17.5. The number of carbonyl (C=O) groups is 2. The molecule has 2 N–H and O–H groups in total. The molecule has 0 radical (unpaired) electrons. The molecule has 7 nitrogen and oxygen atoms in total. The van der Waals surface area contributed by atoms with Crippen molar-refractivity contribution < 1.29 is 32.6 Å². The van der Waals surface area contributed by atoms with Crippen LogP contribution in [0.15, 0.2) is 54.6 Å². The van der Waals surface area contributed by atoms with Crippen LogP contribution in [0.5, 0.6) is 17.2 Å². The topological polar surface area (TPSA) is 85.9 Å². The van der Waals surface area contributed by atoms with Crippen molar-refractivity contribution in [1.82, 2.24) is 0 Å². The molecule has 0 aliphatic heterocycles. The zero-order chi connectivity index (χ0) is 23.3. The van der Waals surface area contributed by atoms with Gasteiger partial charge in [-0.15, -0.1) is 0 Å². The van der Waals surface area contributed by atoms with Gasteiger partial charge in [-0.1, -0.05) is 12.1 Å². The minimum absolute atomic E-state index is 0.0256. The fraction of sp³-hybridized carbons (Fsp3) is 0.130. The fourth-order valence-corrected chi connectivity index (χ4v) is 3.04. The number of anilines is 2. The van der Waals surface area contributed by atoms with E-state index in [1.807, 2.05) is 0 Å². The Bertz CT molecular complexity index is 1170. The van der Waals surface area contributed by atoms with E-state index < -0.39 is 23.4 Å². The number of nitrogens with one attached hydrogen (secondary N) is 2. The highest BCUT2D eigenvalue weighted by atomic mass is 19.1. The predicted octanol–water partition coefficient (Wildman–Crippen LogP) is 4.50. The summed E-state index contributed by atoms with van der Waals surface area (Å²) in [5.41, 5.74) is 0.369. The quantitative estimate of drug-likeness (QED) is 0.563. The number of halogens is 2. The lowest BCUT2D eigenvalue weighted by atomic mass is 10.1. The second-order valence-electron chi connectivity index (χ2n) is 6.46. The second-order valence-corrected chi connectivity index (χ2v) is 6.46. The molecule has 0 unspecified atom stereocenters. The summed E-state index contributed by atoms with van der Waals surface area (Å²) in [5, 5.41) is 5.10. The van der Waals surface area contributed by atoms with Gasteiger partial charge in [-0.2, -0.15) is 0 Å². The van der Waals surface area contributed by atoms with Gasteiger partial charge in [0.1, 0.15) is 5.75 Å². The van der Waals surface area contributed by atoms with Gasteiger partial charge in [-0.3, -0.25) is 9.59 Å². The van der Waals surface area contributed by atoms with E-state index in [1.54, 1.807) is 0 Å². The summed E-state index contributed by atoms with van der Waals surface area (Å²) >= 11 is 0. The number of hydrogen-bond donors (Lipinski definition) is 2. The van der Waals surface area contributed by atoms with Crippen molar-refractivity contribution in [3.05, 3.63) is 77.4 Å².